The number of rotatable bonds is 3. The molecule has 1 aliphatic heterocycles. The van der Waals surface area contributed by atoms with Crippen LogP contribution in [0.25, 0.3) is 33.3 Å². The first-order valence-electron chi connectivity index (χ1n) is 8.99. The maximum atomic E-state index is 12.4. The van der Waals surface area contributed by atoms with Gasteiger partial charge in [0.05, 0.1) is 30.9 Å². The Morgan fingerprint density at radius 1 is 1.19 bits per heavy atom. The summed E-state index contributed by atoms with van der Waals surface area (Å²) in [6.07, 6.45) is 6.30. The number of H-pyrrole nitrogens is 2. The molecule has 0 radical (unpaired) electrons. The minimum absolute atomic E-state index is 0.0911. The molecular weight excluding hydrogens is 346 g/mol. The fourth-order valence-corrected chi connectivity index (χ4v) is 3.61. The number of ether oxygens (including phenoxy) is 1. The van der Waals surface area contributed by atoms with E-state index in [1.54, 1.807) is 17.0 Å². The summed E-state index contributed by atoms with van der Waals surface area (Å²) in [6, 6.07) is 5.97. The first-order chi connectivity index (χ1) is 13.2. The van der Waals surface area contributed by atoms with Gasteiger partial charge in [0.25, 0.3) is 0 Å². The first-order valence-corrected chi connectivity index (χ1v) is 8.99. The van der Waals surface area contributed by atoms with Gasteiger partial charge in [-0.1, -0.05) is 0 Å². The van der Waals surface area contributed by atoms with Gasteiger partial charge in [-0.3, -0.25) is 9.55 Å². The van der Waals surface area contributed by atoms with Crippen molar-refractivity contribution in [2.24, 2.45) is 0 Å². The second-order valence-electron chi connectivity index (χ2n) is 6.96. The maximum Gasteiger partial charge on any atom is 0.327 e. The summed E-state index contributed by atoms with van der Waals surface area (Å²) in [4.78, 5) is 27.1. The van der Waals surface area contributed by atoms with E-state index in [2.05, 4.69) is 19.9 Å². The zero-order valence-electron chi connectivity index (χ0n) is 14.6. The van der Waals surface area contributed by atoms with Crippen LogP contribution in [-0.2, 0) is 11.3 Å². The van der Waals surface area contributed by atoms with Crippen molar-refractivity contribution in [2.75, 3.05) is 6.61 Å². The van der Waals surface area contributed by atoms with E-state index in [-0.39, 0.29) is 11.8 Å². The van der Waals surface area contributed by atoms with E-state index in [0.29, 0.717) is 25.2 Å². The molecule has 1 aliphatic rings. The lowest BCUT2D eigenvalue weighted by Crippen LogP contribution is -2.34. The molecule has 1 saturated heterocycles. The number of nitrogens with zero attached hydrogens (tertiary/aromatic N) is 3. The monoisotopic (exact) mass is 365 g/mol. The fraction of sp³-hybridized carbons (Fsp3) is 0.316. The lowest BCUT2D eigenvalue weighted by molar-refractivity contribution is -0.0609. The average molecular weight is 365 g/mol. The van der Waals surface area contributed by atoms with Crippen LogP contribution in [0.4, 0.5) is 0 Å². The molecule has 0 aromatic carbocycles. The number of aromatic nitrogens is 5. The quantitative estimate of drug-likeness (QED) is 0.513. The highest BCUT2D eigenvalue weighted by Crippen LogP contribution is 2.24. The third kappa shape index (κ3) is 2.92. The molecule has 27 heavy (non-hydrogen) atoms. The summed E-state index contributed by atoms with van der Waals surface area (Å²) in [5, 5.41) is 10.6. The molecule has 5 heterocycles. The van der Waals surface area contributed by atoms with Gasteiger partial charge in [-0.05, 0) is 31.0 Å². The molecule has 0 saturated carbocycles. The van der Waals surface area contributed by atoms with Gasteiger partial charge in [-0.2, -0.15) is 0 Å². The molecule has 3 N–H and O–H groups in total. The predicted octanol–water partition coefficient (Wildman–Crippen LogP) is 1.81. The first kappa shape index (κ1) is 16.2. The molecule has 8 nitrogen and oxygen atoms in total. The van der Waals surface area contributed by atoms with Gasteiger partial charge < -0.3 is 14.8 Å². The van der Waals surface area contributed by atoms with Crippen molar-refractivity contribution in [3.05, 3.63) is 47.3 Å². The van der Waals surface area contributed by atoms with E-state index in [1.165, 1.54) is 0 Å². The van der Waals surface area contributed by atoms with E-state index in [0.717, 1.165) is 34.1 Å². The highest BCUT2D eigenvalue weighted by atomic mass is 16.5. The summed E-state index contributed by atoms with van der Waals surface area (Å²) in [7, 11) is 0. The summed E-state index contributed by atoms with van der Waals surface area (Å²) in [5.74, 6) is 0. The Morgan fingerprint density at radius 3 is 2.81 bits per heavy atom. The molecule has 138 valence electrons. The number of hydrogen-bond donors (Lipinski definition) is 3. The van der Waals surface area contributed by atoms with Crippen LogP contribution in [0.1, 0.15) is 12.8 Å². The van der Waals surface area contributed by atoms with Crippen LogP contribution in [0.15, 0.2) is 41.6 Å². The number of imidazole rings is 1. The van der Waals surface area contributed by atoms with Crippen LogP contribution in [0.5, 0.6) is 0 Å². The number of aromatic amines is 2. The number of nitrogens with one attached hydrogen (secondary N) is 2. The van der Waals surface area contributed by atoms with Gasteiger partial charge in [0.1, 0.15) is 5.65 Å². The molecule has 4 aromatic rings. The normalized spacial score (nSPS) is 20.5. The largest absolute Gasteiger partial charge is 0.391 e. The smallest absolute Gasteiger partial charge is 0.327 e. The summed E-state index contributed by atoms with van der Waals surface area (Å²) >= 11 is 0. The Bertz CT molecular complexity index is 1170. The summed E-state index contributed by atoms with van der Waals surface area (Å²) < 4.78 is 7.33. The lowest BCUT2D eigenvalue weighted by Gasteiger charge is -2.26. The molecule has 5 rings (SSSR count). The summed E-state index contributed by atoms with van der Waals surface area (Å²) in [6.45, 7) is 0.749. The lowest BCUT2D eigenvalue weighted by atomic mass is 10.1. The molecule has 0 bridgehead atoms. The van der Waals surface area contributed by atoms with Crippen LogP contribution in [0, 0.1) is 0 Å². The average Bonchev–Trinajstić information content (AvgIpc) is 3.27. The number of aliphatic hydroxyl groups excluding tert-OH is 1. The molecule has 0 spiro atoms. The van der Waals surface area contributed by atoms with Gasteiger partial charge in [-0.25, -0.2) is 14.8 Å². The zero-order chi connectivity index (χ0) is 18.4. The van der Waals surface area contributed by atoms with Crippen LogP contribution >= 0.6 is 0 Å². The molecule has 4 aromatic heterocycles. The van der Waals surface area contributed by atoms with Gasteiger partial charge in [0.15, 0.2) is 5.65 Å². The summed E-state index contributed by atoms with van der Waals surface area (Å²) in [5.41, 5.74) is 3.75. The van der Waals surface area contributed by atoms with Crippen LogP contribution in [0.3, 0.4) is 0 Å². The highest BCUT2D eigenvalue weighted by molar-refractivity contribution is 5.84. The predicted molar refractivity (Wildman–Crippen MR) is 100 cm³/mol. The second-order valence-corrected chi connectivity index (χ2v) is 6.96. The van der Waals surface area contributed by atoms with Crippen molar-refractivity contribution in [3.8, 4) is 11.1 Å². The molecule has 0 aliphatic carbocycles. The van der Waals surface area contributed by atoms with Crippen molar-refractivity contribution >= 4 is 22.2 Å². The van der Waals surface area contributed by atoms with Crippen LogP contribution < -0.4 is 5.69 Å². The van der Waals surface area contributed by atoms with Crippen molar-refractivity contribution < 1.29 is 9.84 Å². The van der Waals surface area contributed by atoms with E-state index in [1.807, 2.05) is 24.4 Å². The van der Waals surface area contributed by atoms with Gasteiger partial charge in [0, 0.05) is 35.1 Å². The fourth-order valence-electron chi connectivity index (χ4n) is 3.61. The minimum Gasteiger partial charge on any atom is -0.391 e. The second kappa shape index (κ2) is 6.33. The number of fused-ring (bicyclic) bond motifs is 2. The van der Waals surface area contributed by atoms with E-state index >= 15 is 0 Å². The topological polar surface area (TPSA) is 109 Å². The van der Waals surface area contributed by atoms with Crippen molar-refractivity contribution in [2.45, 2.75) is 31.6 Å². The van der Waals surface area contributed by atoms with Crippen molar-refractivity contribution in [3.63, 3.8) is 0 Å². The molecule has 8 heteroatoms. The SMILES string of the molecule is O=c1[nH]c2ncc(-c3cnc4[nH]ccc4c3)cc2n1C[C@H]1CC[C@@H](O)CO1. The molecule has 2 atom stereocenters. The molecule has 0 unspecified atom stereocenters. The number of hydrogen-bond acceptors (Lipinski definition) is 5. The Hall–Kier alpha value is -2.97. The molecule has 1 fully saturated rings. The van der Waals surface area contributed by atoms with E-state index in [9.17, 15) is 9.90 Å². The van der Waals surface area contributed by atoms with Crippen LogP contribution in [-0.4, -0.2) is 48.4 Å². The van der Waals surface area contributed by atoms with Crippen molar-refractivity contribution in [1.29, 1.82) is 0 Å². The molecular formula is C19H19N5O3. The Balaban J connectivity index is 1.53. The third-order valence-corrected chi connectivity index (χ3v) is 5.09. The minimum atomic E-state index is -0.412. The van der Waals surface area contributed by atoms with Crippen molar-refractivity contribution in [1.82, 2.24) is 24.5 Å². The molecule has 0 amide bonds. The standard InChI is InChI=1S/C19H19N5O3/c25-14-1-2-15(27-10-14)9-24-16-6-13(8-22-18(16)23-19(24)26)12-5-11-3-4-20-17(11)21-7-12/h3-8,14-15,25H,1-2,9-10H2,(H,20,21)(H,22,23,26)/t14-,15-/m1/s1. The Morgan fingerprint density at radius 2 is 2.00 bits per heavy atom. The Kier molecular flexibility index (Phi) is 3.80. The number of pyridine rings is 2. The van der Waals surface area contributed by atoms with Gasteiger partial charge in [0.2, 0.25) is 0 Å². The van der Waals surface area contributed by atoms with Gasteiger partial charge >= 0.3 is 5.69 Å². The van der Waals surface area contributed by atoms with Gasteiger partial charge in [-0.15, -0.1) is 0 Å². The third-order valence-electron chi connectivity index (χ3n) is 5.09. The zero-order valence-corrected chi connectivity index (χ0v) is 14.6. The van der Waals surface area contributed by atoms with E-state index < -0.39 is 6.10 Å². The Labute approximate surface area is 153 Å². The maximum absolute atomic E-state index is 12.4. The van der Waals surface area contributed by atoms with E-state index in [4.69, 9.17) is 4.74 Å². The highest BCUT2D eigenvalue weighted by Gasteiger charge is 2.22. The number of aliphatic hydroxyl groups is 1. The van der Waals surface area contributed by atoms with Crippen LogP contribution in [0.2, 0.25) is 0 Å².